The zero-order valence-corrected chi connectivity index (χ0v) is 17.2. The van der Waals surface area contributed by atoms with Gasteiger partial charge >= 0.3 is 5.97 Å². The third-order valence-electron chi connectivity index (χ3n) is 6.37. The summed E-state index contributed by atoms with van der Waals surface area (Å²) in [5, 5.41) is 10.6. The summed E-state index contributed by atoms with van der Waals surface area (Å²) in [5.74, 6) is 1.41. The molecule has 0 aliphatic heterocycles. The van der Waals surface area contributed by atoms with Gasteiger partial charge in [-0.1, -0.05) is 32.1 Å². The van der Waals surface area contributed by atoms with Crippen LogP contribution in [0.5, 0.6) is 0 Å². The highest BCUT2D eigenvalue weighted by molar-refractivity contribution is 7.13. The molecule has 4 unspecified atom stereocenters. The smallest absolute Gasteiger partial charge is 0.348 e. The number of aliphatic hydroxyl groups is 1. The average molecular weight is 399 g/mol. The first-order chi connectivity index (χ1) is 12.6. The molecule has 0 saturated heterocycles. The number of alkyl halides is 1. The highest BCUT2D eigenvalue weighted by atomic mass is 35.5. The summed E-state index contributed by atoms with van der Waals surface area (Å²) in [6, 6.07) is 3.87. The summed E-state index contributed by atoms with van der Waals surface area (Å²) < 4.78 is 4.77. The van der Waals surface area contributed by atoms with Gasteiger partial charge < -0.3 is 9.84 Å². The quantitative estimate of drug-likeness (QED) is 0.469. The van der Waals surface area contributed by atoms with Crippen LogP contribution >= 0.6 is 22.9 Å². The molecule has 2 aliphatic rings. The highest BCUT2D eigenvalue weighted by Gasteiger charge is 2.40. The van der Waals surface area contributed by atoms with Crippen LogP contribution in [-0.2, 0) is 11.2 Å². The summed E-state index contributed by atoms with van der Waals surface area (Å²) in [6.45, 7) is 0. The molecule has 4 atom stereocenters. The van der Waals surface area contributed by atoms with E-state index in [2.05, 4.69) is 0 Å². The summed E-state index contributed by atoms with van der Waals surface area (Å²) in [4.78, 5) is 13.4. The molecule has 1 heterocycles. The van der Waals surface area contributed by atoms with E-state index in [1.54, 1.807) is 0 Å². The standard InChI is InChI=1S/C21H31ClO3S/c1-25-21(24)20-12-10-15(26-20)7-4-8-16-17(19(23)13-18(16)22)11-9-14-5-2-3-6-14/h10,12,14,16-19,23H,2-9,11,13H2,1H3. The second kappa shape index (κ2) is 9.57. The van der Waals surface area contributed by atoms with E-state index in [4.69, 9.17) is 16.3 Å². The lowest BCUT2D eigenvalue weighted by Crippen LogP contribution is -2.21. The molecular formula is C21H31ClO3S. The van der Waals surface area contributed by atoms with Crippen LogP contribution in [0.2, 0.25) is 0 Å². The van der Waals surface area contributed by atoms with Crippen molar-refractivity contribution in [1.82, 2.24) is 0 Å². The monoisotopic (exact) mass is 398 g/mol. The Morgan fingerprint density at radius 1 is 1.23 bits per heavy atom. The van der Waals surface area contributed by atoms with Gasteiger partial charge in [-0.2, -0.15) is 0 Å². The van der Waals surface area contributed by atoms with Crippen LogP contribution in [0.25, 0.3) is 0 Å². The largest absolute Gasteiger partial charge is 0.465 e. The maximum Gasteiger partial charge on any atom is 0.348 e. The van der Waals surface area contributed by atoms with E-state index >= 15 is 0 Å². The highest BCUT2D eigenvalue weighted by Crippen LogP contribution is 2.43. The Bertz CT molecular complexity index is 582. The topological polar surface area (TPSA) is 46.5 Å². The number of halogens is 1. The van der Waals surface area contributed by atoms with E-state index in [0.717, 1.165) is 38.0 Å². The summed E-state index contributed by atoms with van der Waals surface area (Å²) in [5.41, 5.74) is 0. The zero-order chi connectivity index (χ0) is 18.5. The minimum atomic E-state index is -0.257. The summed E-state index contributed by atoms with van der Waals surface area (Å²) in [6.07, 6.45) is 11.5. The third-order valence-corrected chi connectivity index (χ3v) is 7.99. The summed E-state index contributed by atoms with van der Waals surface area (Å²) in [7, 11) is 1.42. The molecule has 0 amide bonds. The molecule has 3 nitrogen and oxygen atoms in total. The first kappa shape index (κ1) is 20.2. The predicted molar refractivity (Wildman–Crippen MR) is 107 cm³/mol. The van der Waals surface area contributed by atoms with Crippen LogP contribution < -0.4 is 0 Å². The molecule has 146 valence electrons. The average Bonchev–Trinajstić information content (AvgIpc) is 3.35. The van der Waals surface area contributed by atoms with E-state index in [9.17, 15) is 9.90 Å². The van der Waals surface area contributed by atoms with Crippen LogP contribution in [0.4, 0.5) is 0 Å². The van der Waals surface area contributed by atoms with Gasteiger partial charge in [0.25, 0.3) is 0 Å². The number of carbonyl (C=O) groups excluding carboxylic acids is 1. The van der Waals surface area contributed by atoms with Crippen molar-refractivity contribution in [2.24, 2.45) is 17.8 Å². The van der Waals surface area contributed by atoms with Crippen LogP contribution in [-0.4, -0.2) is 29.7 Å². The van der Waals surface area contributed by atoms with Gasteiger partial charge in [0.05, 0.1) is 13.2 Å². The van der Waals surface area contributed by atoms with Gasteiger partial charge in [0.2, 0.25) is 0 Å². The molecule has 0 radical (unpaired) electrons. The van der Waals surface area contributed by atoms with Crippen molar-refractivity contribution in [2.45, 2.75) is 75.7 Å². The van der Waals surface area contributed by atoms with Crippen LogP contribution in [0.1, 0.15) is 72.3 Å². The predicted octanol–water partition coefficient (Wildman–Crippen LogP) is 5.43. The molecule has 5 heteroatoms. The van der Waals surface area contributed by atoms with E-state index in [-0.39, 0.29) is 17.5 Å². The van der Waals surface area contributed by atoms with Crippen molar-refractivity contribution >= 4 is 28.9 Å². The van der Waals surface area contributed by atoms with Crippen molar-refractivity contribution in [1.29, 1.82) is 0 Å². The molecule has 0 aromatic carbocycles. The number of methoxy groups -OCH3 is 1. The Labute approximate surface area is 166 Å². The fourth-order valence-electron chi connectivity index (χ4n) is 4.90. The Balaban J connectivity index is 1.48. The number of carbonyl (C=O) groups is 1. The number of hydrogen-bond acceptors (Lipinski definition) is 4. The lowest BCUT2D eigenvalue weighted by molar-refractivity contribution is 0.0606. The minimum absolute atomic E-state index is 0.104. The molecule has 2 saturated carbocycles. The molecule has 0 spiro atoms. The van der Waals surface area contributed by atoms with Gasteiger partial charge in [0.15, 0.2) is 0 Å². The maximum absolute atomic E-state index is 11.6. The minimum Gasteiger partial charge on any atom is -0.465 e. The number of thiophene rings is 1. The second-order valence-electron chi connectivity index (χ2n) is 8.02. The molecule has 2 fully saturated rings. The third kappa shape index (κ3) is 5.02. The van der Waals surface area contributed by atoms with Gasteiger partial charge in [-0.05, 0) is 62.0 Å². The Morgan fingerprint density at radius 3 is 2.73 bits per heavy atom. The van der Waals surface area contributed by atoms with Crippen LogP contribution in [0.15, 0.2) is 12.1 Å². The zero-order valence-electron chi connectivity index (χ0n) is 15.7. The van der Waals surface area contributed by atoms with Crippen LogP contribution in [0, 0.1) is 17.8 Å². The number of aryl methyl sites for hydroxylation is 1. The molecule has 1 aromatic rings. The lowest BCUT2D eigenvalue weighted by atomic mass is 9.84. The molecule has 2 aliphatic carbocycles. The number of esters is 1. The molecule has 0 bridgehead atoms. The van der Waals surface area contributed by atoms with E-state index < -0.39 is 0 Å². The molecule has 1 N–H and O–H groups in total. The van der Waals surface area contributed by atoms with Crippen molar-refractivity contribution < 1.29 is 14.6 Å². The van der Waals surface area contributed by atoms with Gasteiger partial charge in [-0.15, -0.1) is 22.9 Å². The normalized spacial score (nSPS) is 29.3. The number of hydrogen-bond donors (Lipinski definition) is 1. The molecule has 1 aromatic heterocycles. The van der Waals surface area contributed by atoms with E-state index in [0.29, 0.717) is 16.7 Å². The number of rotatable bonds is 8. The van der Waals surface area contributed by atoms with Gasteiger partial charge in [0, 0.05) is 10.3 Å². The second-order valence-corrected chi connectivity index (χ2v) is 9.75. The number of ether oxygens (including phenoxy) is 1. The Hall–Kier alpha value is -0.580. The van der Waals surface area contributed by atoms with Crippen molar-refractivity contribution in [3.05, 3.63) is 21.9 Å². The van der Waals surface area contributed by atoms with Crippen LogP contribution in [0.3, 0.4) is 0 Å². The summed E-state index contributed by atoms with van der Waals surface area (Å²) >= 11 is 8.11. The fraction of sp³-hybridized carbons (Fsp3) is 0.762. The molecule has 26 heavy (non-hydrogen) atoms. The van der Waals surface area contributed by atoms with Gasteiger partial charge in [-0.25, -0.2) is 4.79 Å². The maximum atomic E-state index is 11.6. The molecule has 3 rings (SSSR count). The van der Waals surface area contributed by atoms with Crippen molar-refractivity contribution in [3.8, 4) is 0 Å². The molecular weight excluding hydrogens is 368 g/mol. The van der Waals surface area contributed by atoms with E-state index in [1.165, 1.54) is 55.4 Å². The van der Waals surface area contributed by atoms with E-state index in [1.807, 2.05) is 12.1 Å². The first-order valence-corrected chi connectivity index (χ1v) is 11.3. The SMILES string of the molecule is COC(=O)c1ccc(CCCC2C(Cl)CC(O)C2CCC2CCCC2)s1. The fourth-order valence-corrected chi connectivity index (χ4v) is 6.36. The number of aliphatic hydroxyl groups excluding tert-OH is 1. The van der Waals surface area contributed by atoms with Gasteiger partial charge in [0.1, 0.15) is 4.88 Å². The van der Waals surface area contributed by atoms with Gasteiger partial charge in [-0.3, -0.25) is 0 Å². The lowest BCUT2D eigenvalue weighted by Gasteiger charge is -2.24. The Morgan fingerprint density at radius 2 is 2.00 bits per heavy atom. The van der Waals surface area contributed by atoms with Crippen molar-refractivity contribution in [2.75, 3.05) is 7.11 Å². The Kier molecular flexibility index (Phi) is 7.42. The first-order valence-electron chi connectivity index (χ1n) is 10.1. The van der Waals surface area contributed by atoms with Crippen molar-refractivity contribution in [3.63, 3.8) is 0 Å².